The van der Waals surface area contributed by atoms with Gasteiger partial charge in [0.05, 0.1) is 6.33 Å². The number of H-pyrrole nitrogens is 1. The van der Waals surface area contributed by atoms with Crippen molar-refractivity contribution in [2.24, 2.45) is 11.8 Å². The molecule has 0 spiro atoms. The molecular formula is C17H22ClN3. The van der Waals surface area contributed by atoms with Crippen LogP contribution in [0.1, 0.15) is 36.9 Å². The van der Waals surface area contributed by atoms with E-state index in [1.54, 1.807) is 6.33 Å². The number of nitrogens with zero attached hydrogens (tertiary/aromatic N) is 1. The Bertz CT molecular complexity index is 550. The van der Waals surface area contributed by atoms with E-state index < -0.39 is 0 Å². The Labute approximate surface area is 131 Å². The van der Waals surface area contributed by atoms with E-state index in [4.69, 9.17) is 11.6 Å². The summed E-state index contributed by atoms with van der Waals surface area (Å²) in [5.74, 6) is 2.23. The van der Waals surface area contributed by atoms with Crippen molar-refractivity contribution in [1.82, 2.24) is 15.3 Å². The molecule has 112 valence electrons. The van der Waals surface area contributed by atoms with Gasteiger partial charge in [-0.05, 0) is 42.5 Å². The third-order valence-corrected chi connectivity index (χ3v) is 4.79. The fraction of sp³-hybridized carbons (Fsp3) is 0.471. The van der Waals surface area contributed by atoms with E-state index in [2.05, 4.69) is 34.3 Å². The molecule has 1 saturated carbocycles. The smallest absolute Gasteiger partial charge is 0.0921 e. The third-order valence-electron chi connectivity index (χ3n) is 4.54. The molecule has 1 aliphatic carbocycles. The lowest BCUT2D eigenvalue weighted by molar-refractivity contribution is 0.405. The van der Waals surface area contributed by atoms with Crippen molar-refractivity contribution in [2.45, 2.75) is 32.2 Å². The predicted octanol–water partition coefficient (Wildman–Crippen LogP) is 3.98. The summed E-state index contributed by atoms with van der Waals surface area (Å²) in [4.78, 5) is 7.38. The molecule has 2 N–H and O–H groups in total. The van der Waals surface area contributed by atoms with E-state index in [1.165, 1.54) is 24.1 Å². The van der Waals surface area contributed by atoms with Crippen LogP contribution in [0.25, 0.3) is 0 Å². The van der Waals surface area contributed by atoms with Crippen molar-refractivity contribution >= 4 is 11.6 Å². The second-order valence-electron chi connectivity index (χ2n) is 5.94. The van der Waals surface area contributed by atoms with Crippen LogP contribution in [0.5, 0.6) is 0 Å². The minimum Gasteiger partial charge on any atom is -0.348 e. The molecule has 21 heavy (non-hydrogen) atoms. The van der Waals surface area contributed by atoms with E-state index in [0.29, 0.717) is 5.92 Å². The Morgan fingerprint density at radius 1 is 1.38 bits per heavy atom. The Morgan fingerprint density at radius 3 is 2.86 bits per heavy atom. The highest BCUT2D eigenvalue weighted by Gasteiger charge is 2.43. The van der Waals surface area contributed by atoms with Gasteiger partial charge in [-0.1, -0.05) is 37.1 Å². The highest BCUT2D eigenvalue weighted by molar-refractivity contribution is 6.30. The average molecular weight is 304 g/mol. The van der Waals surface area contributed by atoms with Crippen LogP contribution in [-0.2, 0) is 6.54 Å². The second kappa shape index (κ2) is 6.63. The van der Waals surface area contributed by atoms with Gasteiger partial charge >= 0.3 is 0 Å². The predicted molar refractivity (Wildman–Crippen MR) is 86.4 cm³/mol. The summed E-state index contributed by atoms with van der Waals surface area (Å²) in [6.45, 7) is 4.28. The first-order chi connectivity index (χ1) is 10.3. The zero-order valence-corrected chi connectivity index (χ0v) is 13.1. The molecule has 1 aromatic heterocycles. The van der Waals surface area contributed by atoms with Crippen molar-refractivity contribution in [3.05, 3.63) is 53.1 Å². The largest absolute Gasteiger partial charge is 0.348 e. The number of hydrogen-bond acceptors (Lipinski definition) is 2. The first kappa shape index (κ1) is 14.6. The second-order valence-corrected chi connectivity index (χ2v) is 6.38. The van der Waals surface area contributed by atoms with Crippen molar-refractivity contribution in [1.29, 1.82) is 0 Å². The zero-order valence-electron chi connectivity index (χ0n) is 12.3. The molecule has 1 aromatic carbocycles. The number of benzene rings is 1. The van der Waals surface area contributed by atoms with Crippen LogP contribution in [0.4, 0.5) is 0 Å². The number of nitrogens with one attached hydrogen (secondary N) is 2. The summed E-state index contributed by atoms with van der Waals surface area (Å²) in [5.41, 5.74) is 2.59. The molecular weight excluding hydrogens is 282 g/mol. The molecule has 0 aliphatic heterocycles. The lowest BCUT2D eigenvalue weighted by Crippen LogP contribution is -2.23. The fourth-order valence-corrected chi connectivity index (χ4v) is 3.29. The summed E-state index contributed by atoms with van der Waals surface area (Å²) < 4.78 is 0. The molecule has 1 aliphatic rings. The molecule has 0 unspecified atom stereocenters. The van der Waals surface area contributed by atoms with Gasteiger partial charge in [-0.25, -0.2) is 4.98 Å². The summed E-state index contributed by atoms with van der Waals surface area (Å²) in [6, 6.07) is 8.07. The van der Waals surface area contributed by atoms with Crippen LogP contribution in [0.15, 0.2) is 36.8 Å². The van der Waals surface area contributed by atoms with Crippen LogP contribution >= 0.6 is 11.6 Å². The number of rotatable bonds is 7. The summed E-state index contributed by atoms with van der Waals surface area (Å²) in [6.07, 6.45) is 6.27. The third kappa shape index (κ3) is 3.66. The minimum absolute atomic E-state index is 0.690. The summed E-state index contributed by atoms with van der Waals surface area (Å²) >= 11 is 5.90. The summed E-state index contributed by atoms with van der Waals surface area (Å²) in [5, 5.41) is 4.39. The van der Waals surface area contributed by atoms with Crippen LogP contribution in [0, 0.1) is 11.8 Å². The summed E-state index contributed by atoms with van der Waals surface area (Å²) in [7, 11) is 0. The monoisotopic (exact) mass is 303 g/mol. The lowest BCUT2D eigenvalue weighted by atomic mass is 9.98. The Kier molecular flexibility index (Phi) is 4.61. The normalized spacial score (nSPS) is 22.2. The molecule has 0 radical (unpaired) electrons. The molecule has 4 heteroatoms. The molecule has 2 aromatic rings. The first-order valence-corrected chi connectivity index (χ1v) is 8.09. The molecule has 3 nitrogen and oxygen atoms in total. The standard InChI is InChI=1S/C17H22ClN3/c1-2-13(15-7-16(15)17-10-20-11-21-17)9-19-8-12-3-5-14(18)6-4-12/h3-6,10-11,13,15-16,19H,2,7-9H2,1H3,(H,20,21)/t13-,15-,16-/m0/s1. The van der Waals surface area contributed by atoms with Gasteiger partial charge < -0.3 is 10.3 Å². The first-order valence-electron chi connectivity index (χ1n) is 7.71. The quantitative estimate of drug-likeness (QED) is 0.812. The van der Waals surface area contributed by atoms with Gasteiger partial charge in [0.1, 0.15) is 0 Å². The van der Waals surface area contributed by atoms with Crippen molar-refractivity contribution < 1.29 is 0 Å². The molecule has 0 amide bonds. The Morgan fingerprint density at radius 2 is 2.19 bits per heavy atom. The van der Waals surface area contributed by atoms with E-state index in [-0.39, 0.29) is 0 Å². The highest BCUT2D eigenvalue weighted by atomic mass is 35.5. The van der Waals surface area contributed by atoms with E-state index in [1.807, 2.05) is 18.3 Å². The lowest BCUT2D eigenvalue weighted by Gasteiger charge is -2.15. The van der Waals surface area contributed by atoms with Gasteiger partial charge in [-0.15, -0.1) is 0 Å². The Balaban J connectivity index is 1.46. The number of aromatic nitrogens is 2. The number of aromatic amines is 1. The van der Waals surface area contributed by atoms with Crippen LogP contribution in [0.2, 0.25) is 5.02 Å². The fourth-order valence-electron chi connectivity index (χ4n) is 3.17. The minimum atomic E-state index is 0.690. The van der Waals surface area contributed by atoms with Crippen LogP contribution < -0.4 is 5.32 Å². The number of halogens is 1. The maximum Gasteiger partial charge on any atom is 0.0921 e. The van der Waals surface area contributed by atoms with Crippen LogP contribution in [-0.4, -0.2) is 16.5 Å². The Hall–Kier alpha value is -1.32. The van der Waals surface area contributed by atoms with Gasteiger partial charge in [0.2, 0.25) is 0 Å². The molecule has 1 heterocycles. The zero-order chi connectivity index (χ0) is 14.7. The van der Waals surface area contributed by atoms with Gasteiger partial charge in [0.25, 0.3) is 0 Å². The molecule has 3 rings (SSSR count). The van der Waals surface area contributed by atoms with Crippen LogP contribution in [0.3, 0.4) is 0 Å². The molecule has 3 atom stereocenters. The number of imidazole rings is 1. The van der Waals surface area contributed by atoms with Crippen molar-refractivity contribution in [2.75, 3.05) is 6.54 Å². The molecule has 0 saturated heterocycles. The average Bonchev–Trinajstić information content (AvgIpc) is 3.09. The van der Waals surface area contributed by atoms with Gasteiger partial charge in [0.15, 0.2) is 0 Å². The number of hydrogen-bond donors (Lipinski definition) is 2. The molecule has 0 bridgehead atoms. The highest BCUT2D eigenvalue weighted by Crippen LogP contribution is 2.51. The van der Waals surface area contributed by atoms with Gasteiger partial charge in [-0.2, -0.15) is 0 Å². The van der Waals surface area contributed by atoms with Crippen molar-refractivity contribution in [3.8, 4) is 0 Å². The van der Waals surface area contributed by atoms with Crippen molar-refractivity contribution in [3.63, 3.8) is 0 Å². The maximum atomic E-state index is 5.90. The van der Waals surface area contributed by atoms with E-state index in [9.17, 15) is 0 Å². The van der Waals surface area contributed by atoms with Gasteiger partial charge in [-0.3, -0.25) is 0 Å². The molecule has 1 fully saturated rings. The SMILES string of the molecule is CC[C@@H](CNCc1ccc(Cl)cc1)[C@@H]1C[C@@H]1c1cnc[nH]1. The van der Waals surface area contributed by atoms with E-state index >= 15 is 0 Å². The topological polar surface area (TPSA) is 40.7 Å². The van der Waals surface area contributed by atoms with E-state index in [0.717, 1.165) is 29.9 Å². The van der Waals surface area contributed by atoms with Gasteiger partial charge in [0, 0.05) is 29.4 Å². The maximum absolute atomic E-state index is 5.90.